The molecular formula is C14H10BrCl3. The summed E-state index contributed by atoms with van der Waals surface area (Å²) in [5.41, 5.74) is 2.03. The second kappa shape index (κ2) is 6.29. The maximum Gasteiger partial charge on any atom is 0.0640 e. The first-order chi connectivity index (χ1) is 8.58. The monoisotopic (exact) mass is 362 g/mol. The lowest BCUT2D eigenvalue weighted by Crippen LogP contribution is -1.97. The van der Waals surface area contributed by atoms with Crippen LogP contribution in [0.4, 0.5) is 0 Å². The summed E-state index contributed by atoms with van der Waals surface area (Å²) >= 11 is 21.9. The minimum atomic E-state index is -0.183. The third-order valence-electron chi connectivity index (χ3n) is 2.65. The second-order valence-corrected chi connectivity index (χ2v) is 6.17. The molecule has 0 fully saturated rings. The van der Waals surface area contributed by atoms with Crippen LogP contribution in [0.5, 0.6) is 0 Å². The van der Waals surface area contributed by atoms with Crippen LogP contribution in [0.15, 0.2) is 46.9 Å². The first kappa shape index (κ1) is 14.2. The molecule has 0 bridgehead atoms. The predicted octanol–water partition coefficient (Wildman–Crippen LogP) is 6.28. The molecule has 0 N–H and O–H groups in total. The third kappa shape index (κ3) is 3.42. The van der Waals surface area contributed by atoms with Gasteiger partial charge in [0.25, 0.3) is 0 Å². The fraction of sp³-hybridized carbons (Fsp3) is 0.143. The van der Waals surface area contributed by atoms with Gasteiger partial charge in [0.05, 0.1) is 15.4 Å². The Labute approximate surface area is 130 Å². The van der Waals surface area contributed by atoms with Crippen molar-refractivity contribution in [2.45, 2.75) is 11.8 Å². The van der Waals surface area contributed by atoms with Crippen molar-refractivity contribution in [2.24, 2.45) is 0 Å². The Kier molecular flexibility index (Phi) is 4.97. The summed E-state index contributed by atoms with van der Waals surface area (Å²) in [5.74, 6) is 0. The van der Waals surface area contributed by atoms with Gasteiger partial charge in [-0.15, -0.1) is 11.6 Å². The second-order valence-electron chi connectivity index (χ2n) is 3.94. The van der Waals surface area contributed by atoms with E-state index in [-0.39, 0.29) is 5.38 Å². The summed E-state index contributed by atoms with van der Waals surface area (Å²) in [6, 6.07) is 13.6. The highest BCUT2D eigenvalue weighted by Crippen LogP contribution is 2.34. The number of alkyl halides is 1. The van der Waals surface area contributed by atoms with Crippen LogP contribution >= 0.6 is 50.7 Å². The highest BCUT2D eigenvalue weighted by atomic mass is 79.9. The molecule has 0 amide bonds. The first-order valence-corrected chi connectivity index (χ1v) is 7.39. The van der Waals surface area contributed by atoms with Crippen LogP contribution in [0, 0.1) is 0 Å². The Hall–Kier alpha value is -0.210. The Balaban J connectivity index is 2.19. The molecule has 0 saturated carbocycles. The number of rotatable bonds is 3. The lowest BCUT2D eigenvalue weighted by molar-refractivity contribution is 0.920. The lowest BCUT2D eigenvalue weighted by atomic mass is 10.0. The Morgan fingerprint density at radius 1 is 1.00 bits per heavy atom. The highest BCUT2D eigenvalue weighted by Gasteiger charge is 2.14. The molecule has 0 aliphatic rings. The zero-order valence-corrected chi connectivity index (χ0v) is 13.2. The molecule has 2 aromatic carbocycles. The van der Waals surface area contributed by atoms with Crippen LogP contribution in [0.25, 0.3) is 0 Å². The van der Waals surface area contributed by atoms with E-state index < -0.39 is 0 Å². The molecule has 0 saturated heterocycles. The van der Waals surface area contributed by atoms with Crippen molar-refractivity contribution in [2.75, 3.05) is 0 Å². The molecule has 18 heavy (non-hydrogen) atoms. The van der Waals surface area contributed by atoms with Gasteiger partial charge in [0.2, 0.25) is 0 Å². The van der Waals surface area contributed by atoms with Crippen molar-refractivity contribution in [1.82, 2.24) is 0 Å². The van der Waals surface area contributed by atoms with Gasteiger partial charge in [0, 0.05) is 4.47 Å². The summed E-state index contributed by atoms with van der Waals surface area (Å²) in [4.78, 5) is 0. The van der Waals surface area contributed by atoms with E-state index in [1.54, 1.807) is 6.07 Å². The molecule has 2 aromatic rings. The summed E-state index contributed by atoms with van der Waals surface area (Å²) in [6.07, 6.45) is 0.717. The first-order valence-electron chi connectivity index (χ1n) is 5.40. The van der Waals surface area contributed by atoms with E-state index in [0.717, 1.165) is 22.0 Å². The van der Waals surface area contributed by atoms with Crippen LogP contribution in [0.2, 0.25) is 10.0 Å². The Morgan fingerprint density at radius 3 is 2.33 bits per heavy atom. The van der Waals surface area contributed by atoms with Crippen molar-refractivity contribution in [3.63, 3.8) is 0 Å². The molecule has 0 nitrogen and oxygen atoms in total. The van der Waals surface area contributed by atoms with Gasteiger partial charge in [-0.2, -0.15) is 0 Å². The molecule has 0 aliphatic carbocycles. The SMILES string of the molecule is Clc1cccc(C(Cl)Cc2ccc(Br)cc2)c1Cl. The quantitative estimate of drug-likeness (QED) is 0.562. The van der Waals surface area contributed by atoms with Crippen molar-refractivity contribution in [3.8, 4) is 0 Å². The topological polar surface area (TPSA) is 0 Å². The molecule has 1 unspecified atom stereocenters. The van der Waals surface area contributed by atoms with Crippen LogP contribution < -0.4 is 0 Å². The molecule has 0 spiro atoms. The van der Waals surface area contributed by atoms with E-state index in [1.807, 2.05) is 36.4 Å². The van der Waals surface area contributed by atoms with Crippen molar-refractivity contribution in [1.29, 1.82) is 0 Å². The van der Waals surface area contributed by atoms with E-state index in [9.17, 15) is 0 Å². The maximum atomic E-state index is 6.40. The summed E-state index contributed by atoms with van der Waals surface area (Å²) in [6.45, 7) is 0. The minimum absolute atomic E-state index is 0.183. The molecule has 0 heterocycles. The average Bonchev–Trinajstić information content (AvgIpc) is 2.35. The number of halogens is 4. The molecule has 0 radical (unpaired) electrons. The Bertz CT molecular complexity index is 537. The number of hydrogen-bond donors (Lipinski definition) is 0. The molecule has 0 aliphatic heterocycles. The largest absolute Gasteiger partial charge is 0.117 e. The highest BCUT2D eigenvalue weighted by molar-refractivity contribution is 9.10. The normalized spacial score (nSPS) is 12.4. The van der Waals surface area contributed by atoms with Crippen LogP contribution in [-0.4, -0.2) is 0 Å². The van der Waals surface area contributed by atoms with Gasteiger partial charge < -0.3 is 0 Å². The Morgan fingerprint density at radius 2 is 1.67 bits per heavy atom. The summed E-state index contributed by atoms with van der Waals surface area (Å²) in [5, 5.41) is 0.893. The van der Waals surface area contributed by atoms with Crippen molar-refractivity contribution in [3.05, 3.63) is 68.1 Å². The molecule has 4 heteroatoms. The summed E-state index contributed by atoms with van der Waals surface area (Å²) < 4.78 is 1.05. The third-order valence-corrected chi connectivity index (χ3v) is 4.40. The zero-order chi connectivity index (χ0) is 13.1. The fourth-order valence-corrected chi connectivity index (χ4v) is 2.82. The van der Waals surface area contributed by atoms with Gasteiger partial charge >= 0.3 is 0 Å². The van der Waals surface area contributed by atoms with E-state index in [0.29, 0.717) is 10.0 Å². The zero-order valence-electron chi connectivity index (χ0n) is 9.34. The van der Waals surface area contributed by atoms with Crippen LogP contribution in [-0.2, 0) is 6.42 Å². The van der Waals surface area contributed by atoms with Gasteiger partial charge in [-0.25, -0.2) is 0 Å². The fourth-order valence-electron chi connectivity index (χ4n) is 1.70. The van der Waals surface area contributed by atoms with Gasteiger partial charge in [-0.1, -0.05) is 63.4 Å². The van der Waals surface area contributed by atoms with Crippen molar-refractivity contribution >= 4 is 50.7 Å². The van der Waals surface area contributed by atoms with Crippen LogP contribution in [0.3, 0.4) is 0 Å². The molecule has 94 valence electrons. The molecule has 0 aromatic heterocycles. The van der Waals surface area contributed by atoms with Gasteiger partial charge in [0.15, 0.2) is 0 Å². The molecule has 1 atom stereocenters. The average molecular weight is 364 g/mol. The standard InChI is InChI=1S/C14H10BrCl3/c15-10-6-4-9(5-7-10)8-13(17)11-2-1-3-12(16)14(11)18/h1-7,13H,8H2. The lowest BCUT2D eigenvalue weighted by Gasteiger charge is -2.12. The predicted molar refractivity (Wildman–Crippen MR) is 82.9 cm³/mol. The van der Waals surface area contributed by atoms with Crippen molar-refractivity contribution < 1.29 is 0 Å². The minimum Gasteiger partial charge on any atom is -0.117 e. The maximum absolute atomic E-state index is 6.40. The van der Waals surface area contributed by atoms with E-state index in [2.05, 4.69) is 15.9 Å². The van der Waals surface area contributed by atoms with E-state index >= 15 is 0 Å². The van der Waals surface area contributed by atoms with Gasteiger partial charge in [-0.05, 0) is 35.7 Å². The van der Waals surface area contributed by atoms with E-state index in [4.69, 9.17) is 34.8 Å². The van der Waals surface area contributed by atoms with Gasteiger partial charge in [0.1, 0.15) is 0 Å². The smallest absolute Gasteiger partial charge is 0.0640 e. The molecular weight excluding hydrogens is 354 g/mol. The van der Waals surface area contributed by atoms with E-state index in [1.165, 1.54) is 0 Å². The van der Waals surface area contributed by atoms with Crippen LogP contribution in [0.1, 0.15) is 16.5 Å². The number of hydrogen-bond acceptors (Lipinski definition) is 0. The summed E-state index contributed by atoms with van der Waals surface area (Å²) in [7, 11) is 0. The molecule has 2 rings (SSSR count). The van der Waals surface area contributed by atoms with Gasteiger partial charge in [-0.3, -0.25) is 0 Å². The number of benzene rings is 2.